The smallest absolute Gasteiger partial charge is 0.225 e. The van der Waals surface area contributed by atoms with Crippen LogP contribution in [0.5, 0.6) is 0 Å². The van der Waals surface area contributed by atoms with Crippen LogP contribution in [0.25, 0.3) is 10.1 Å². The molecule has 3 aromatic rings. The van der Waals surface area contributed by atoms with E-state index < -0.39 is 0 Å². The SMILES string of the molecule is Cc1cc2c(N3CCC[C@H](C(=O)N[C@H](C)c4ccc(F)cc4)C3)nccc2s1. The number of nitrogens with zero attached hydrogens (tertiary/aromatic N) is 2. The molecule has 0 radical (unpaired) electrons. The highest BCUT2D eigenvalue weighted by Gasteiger charge is 2.28. The second-order valence-corrected chi connectivity index (χ2v) is 8.76. The van der Waals surface area contributed by atoms with Crippen molar-refractivity contribution in [1.82, 2.24) is 10.3 Å². The number of carbonyl (C=O) groups is 1. The third-order valence-corrected chi connectivity index (χ3v) is 6.38. The lowest BCUT2D eigenvalue weighted by Gasteiger charge is -2.33. The number of amides is 1. The first-order valence-corrected chi connectivity index (χ1v) is 10.5. The summed E-state index contributed by atoms with van der Waals surface area (Å²) in [5.74, 6) is 0.685. The fourth-order valence-electron chi connectivity index (χ4n) is 3.88. The minimum atomic E-state index is -0.268. The highest BCUT2D eigenvalue weighted by atomic mass is 32.1. The number of hydrogen-bond acceptors (Lipinski definition) is 4. The quantitative estimate of drug-likeness (QED) is 0.685. The van der Waals surface area contributed by atoms with Gasteiger partial charge in [-0.25, -0.2) is 9.37 Å². The molecule has 1 saturated heterocycles. The molecule has 1 aliphatic heterocycles. The summed E-state index contributed by atoms with van der Waals surface area (Å²) in [6, 6.07) is 10.4. The number of aromatic nitrogens is 1. The third-order valence-electron chi connectivity index (χ3n) is 5.37. The minimum absolute atomic E-state index is 0.0511. The number of fused-ring (bicyclic) bond motifs is 1. The highest BCUT2D eigenvalue weighted by Crippen LogP contribution is 2.33. The number of nitrogens with one attached hydrogen (secondary N) is 1. The van der Waals surface area contributed by atoms with Crippen LogP contribution in [0.15, 0.2) is 42.6 Å². The molecule has 2 aromatic heterocycles. The van der Waals surface area contributed by atoms with Gasteiger partial charge in [0, 0.05) is 34.2 Å². The zero-order chi connectivity index (χ0) is 19.7. The second kappa shape index (κ2) is 7.87. The molecule has 1 N–H and O–H groups in total. The van der Waals surface area contributed by atoms with Crippen molar-refractivity contribution < 1.29 is 9.18 Å². The Morgan fingerprint density at radius 3 is 2.89 bits per heavy atom. The van der Waals surface area contributed by atoms with Crippen molar-refractivity contribution >= 4 is 33.1 Å². The summed E-state index contributed by atoms with van der Waals surface area (Å²) in [5, 5.41) is 4.26. The molecule has 3 heterocycles. The molecule has 0 aliphatic carbocycles. The maximum absolute atomic E-state index is 13.1. The molecule has 0 saturated carbocycles. The summed E-state index contributed by atoms with van der Waals surface area (Å²) in [7, 11) is 0. The van der Waals surface area contributed by atoms with Gasteiger partial charge in [0.05, 0.1) is 12.0 Å². The van der Waals surface area contributed by atoms with Crippen LogP contribution < -0.4 is 10.2 Å². The first-order valence-electron chi connectivity index (χ1n) is 9.67. The lowest BCUT2D eigenvalue weighted by Crippen LogP contribution is -2.44. The van der Waals surface area contributed by atoms with Gasteiger partial charge in [-0.1, -0.05) is 12.1 Å². The Labute approximate surface area is 168 Å². The van der Waals surface area contributed by atoms with Crippen molar-refractivity contribution in [2.24, 2.45) is 5.92 Å². The second-order valence-electron chi connectivity index (χ2n) is 7.47. The number of piperidine rings is 1. The maximum atomic E-state index is 13.1. The van der Waals surface area contributed by atoms with E-state index in [0.29, 0.717) is 6.54 Å². The molecule has 1 amide bonds. The predicted octanol–water partition coefficient (Wildman–Crippen LogP) is 4.84. The summed E-state index contributed by atoms with van der Waals surface area (Å²) < 4.78 is 14.4. The zero-order valence-corrected chi connectivity index (χ0v) is 16.9. The summed E-state index contributed by atoms with van der Waals surface area (Å²) in [6.07, 6.45) is 3.69. The highest BCUT2D eigenvalue weighted by molar-refractivity contribution is 7.19. The zero-order valence-electron chi connectivity index (χ0n) is 16.1. The van der Waals surface area contributed by atoms with E-state index in [0.717, 1.165) is 30.8 Å². The van der Waals surface area contributed by atoms with E-state index >= 15 is 0 Å². The van der Waals surface area contributed by atoms with Gasteiger partial charge in [-0.2, -0.15) is 0 Å². The van der Waals surface area contributed by atoms with Gasteiger partial charge in [-0.05, 0) is 56.5 Å². The molecule has 28 heavy (non-hydrogen) atoms. The molecule has 0 bridgehead atoms. The van der Waals surface area contributed by atoms with Crippen LogP contribution in [0.1, 0.15) is 36.2 Å². The first-order chi connectivity index (χ1) is 13.5. The molecule has 6 heteroatoms. The number of thiophene rings is 1. The van der Waals surface area contributed by atoms with Gasteiger partial charge in [-0.3, -0.25) is 4.79 Å². The molecule has 0 unspecified atom stereocenters. The Morgan fingerprint density at radius 1 is 1.32 bits per heavy atom. The van der Waals surface area contributed by atoms with E-state index in [1.807, 2.05) is 13.1 Å². The number of benzene rings is 1. The van der Waals surface area contributed by atoms with Crippen molar-refractivity contribution in [3.05, 3.63) is 58.9 Å². The fraction of sp³-hybridized carbons (Fsp3) is 0.364. The van der Waals surface area contributed by atoms with Gasteiger partial charge in [0.25, 0.3) is 0 Å². The van der Waals surface area contributed by atoms with E-state index in [-0.39, 0.29) is 23.7 Å². The van der Waals surface area contributed by atoms with Gasteiger partial charge in [0.1, 0.15) is 11.6 Å². The Hall–Kier alpha value is -2.47. The van der Waals surface area contributed by atoms with Crippen molar-refractivity contribution in [1.29, 1.82) is 0 Å². The Morgan fingerprint density at radius 2 is 2.11 bits per heavy atom. The third kappa shape index (κ3) is 3.87. The van der Waals surface area contributed by atoms with Crippen LogP contribution in [0.2, 0.25) is 0 Å². The van der Waals surface area contributed by atoms with Crippen LogP contribution >= 0.6 is 11.3 Å². The average Bonchev–Trinajstić information content (AvgIpc) is 3.08. The van der Waals surface area contributed by atoms with Crippen molar-refractivity contribution in [2.45, 2.75) is 32.7 Å². The van der Waals surface area contributed by atoms with Gasteiger partial charge in [0.2, 0.25) is 5.91 Å². The van der Waals surface area contributed by atoms with Crippen molar-refractivity contribution in [2.75, 3.05) is 18.0 Å². The lowest BCUT2D eigenvalue weighted by atomic mass is 9.96. The average molecular weight is 398 g/mol. The molecule has 2 atom stereocenters. The standard InChI is InChI=1S/C22H24FN3OS/c1-14-12-19-20(28-14)9-10-24-21(19)26-11-3-4-17(13-26)22(27)25-15(2)16-5-7-18(23)8-6-16/h5-10,12,15,17H,3-4,11,13H2,1-2H3,(H,25,27)/t15-,17+/m1/s1. The van der Waals surface area contributed by atoms with Gasteiger partial charge in [0.15, 0.2) is 0 Å². The van der Waals surface area contributed by atoms with E-state index in [4.69, 9.17) is 0 Å². The molecular formula is C22H24FN3OS. The van der Waals surface area contributed by atoms with E-state index in [2.05, 4.69) is 34.3 Å². The van der Waals surface area contributed by atoms with E-state index in [1.165, 1.54) is 27.1 Å². The largest absolute Gasteiger partial charge is 0.355 e. The molecule has 1 fully saturated rings. The predicted molar refractivity (Wildman–Crippen MR) is 112 cm³/mol. The molecule has 0 spiro atoms. The van der Waals surface area contributed by atoms with Gasteiger partial charge in [-0.15, -0.1) is 11.3 Å². The van der Waals surface area contributed by atoms with Crippen LogP contribution in [-0.2, 0) is 4.79 Å². The van der Waals surface area contributed by atoms with E-state index in [9.17, 15) is 9.18 Å². The summed E-state index contributed by atoms with van der Waals surface area (Å²) in [5.41, 5.74) is 0.905. The number of pyridine rings is 1. The normalized spacial score (nSPS) is 18.2. The van der Waals surface area contributed by atoms with Crippen LogP contribution in [0, 0.1) is 18.7 Å². The Kier molecular flexibility index (Phi) is 5.31. The van der Waals surface area contributed by atoms with Crippen LogP contribution in [0.4, 0.5) is 10.2 Å². The van der Waals surface area contributed by atoms with Gasteiger partial charge < -0.3 is 10.2 Å². The van der Waals surface area contributed by atoms with E-state index in [1.54, 1.807) is 23.5 Å². The molecule has 1 aromatic carbocycles. The molecule has 4 nitrogen and oxygen atoms in total. The van der Waals surface area contributed by atoms with Crippen molar-refractivity contribution in [3.8, 4) is 0 Å². The summed E-state index contributed by atoms with van der Waals surface area (Å²) in [4.78, 5) is 21.0. The molecule has 146 valence electrons. The summed E-state index contributed by atoms with van der Waals surface area (Å²) in [6.45, 7) is 5.63. The first kappa shape index (κ1) is 18.9. The fourth-order valence-corrected chi connectivity index (χ4v) is 4.79. The maximum Gasteiger partial charge on any atom is 0.225 e. The number of anilines is 1. The molecular weight excluding hydrogens is 373 g/mol. The number of hydrogen-bond donors (Lipinski definition) is 1. The van der Waals surface area contributed by atoms with Gasteiger partial charge >= 0.3 is 0 Å². The minimum Gasteiger partial charge on any atom is -0.355 e. The number of carbonyl (C=O) groups excluding carboxylic acids is 1. The number of halogens is 1. The van der Waals surface area contributed by atoms with Crippen LogP contribution in [-0.4, -0.2) is 24.0 Å². The monoisotopic (exact) mass is 397 g/mol. The molecule has 1 aliphatic rings. The number of aryl methyl sites for hydroxylation is 1. The number of rotatable bonds is 4. The Balaban J connectivity index is 1.47. The lowest BCUT2D eigenvalue weighted by molar-refractivity contribution is -0.125. The van der Waals surface area contributed by atoms with Crippen molar-refractivity contribution in [3.63, 3.8) is 0 Å². The molecule has 4 rings (SSSR count). The topological polar surface area (TPSA) is 45.2 Å². The summed E-state index contributed by atoms with van der Waals surface area (Å²) >= 11 is 1.77. The Bertz CT molecular complexity index is 985. The van der Waals surface area contributed by atoms with Crippen LogP contribution in [0.3, 0.4) is 0 Å².